The molecule has 0 aromatic heterocycles. The molecule has 0 saturated heterocycles. The van der Waals surface area contributed by atoms with Crippen molar-refractivity contribution in [3.05, 3.63) is 59.2 Å². The molecule has 0 aliphatic heterocycles. The quantitative estimate of drug-likeness (QED) is 0.685. The molecule has 1 aromatic rings. The maximum atomic E-state index is 12.4. The predicted octanol–water partition coefficient (Wildman–Crippen LogP) is 4.95. The first kappa shape index (κ1) is 17.7. The Labute approximate surface area is 139 Å². The van der Waals surface area contributed by atoms with E-state index >= 15 is 0 Å². The zero-order chi connectivity index (χ0) is 17.0. The molecular weight excluding hydrogens is 322 g/mol. The van der Waals surface area contributed by atoms with Gasteiger partial charge in [-0.3, -0.25) is 4.79 Å². The SMILES string of the molecule is CC1(C)[C@H](C=C(F)F)[C@H]1C(=O)OC/C=C(\Cl)Cc1ccccc1. The summed E-state index contributed by atoms with van der Waals surface area (Å²) in [5, 5.41) is 0.574. The van der Waals surface area contributed by atoms with Crippen LogP contribution in [0.4, 0.5) is 8.78 Å². The summed E-state index contributed by atoms with van der Waals surface area (Å²) in [5.74, 6) is -1.45. The Balaban J connectivity index is 1.83. The van der Waals surface area contributed by atoms with Crippen LogP contribution < -0.4 is 0 Å². The first-order valence-electron chi connectivity index (χ1n) is 7.40. The topological polar surface area (TPSA) is 26.3 Å². The third kappa shape index (κ3) is 4.64. The second-order valence-electron chi connectivity index (χ2n) is 6.22. The molecule has 0 heterocycles. The predicted molar refractivity (Wildman–Crippen MR) is 86.1 cm³/mol. The van der Waals surface area contributed by atoms with Crippen LogP contribution in [0, 0.1) is 17.3 Å². The molecule has 0 bridgehead atoms. The minimum absolute atomic E-state index is 0.0472. The van der Waals surface area contributed by atoms with Gasteiger partial charge in [-0.15, -0.1) is 0 Å². The largest absolute Gasteiger partial charge is 0.461 e. The Morgan fingerprint density at radius 3 is 2.57 bits per heavy atom. The standard InChI is InChI=1S/C18H19ClF2O2/c1-18(2)14(11-15(20)21)16(18)17(22)23-9-8-13(19)10-12-6-4-3-5-7-12/h3-8,11,14,16H,9-10H2,1-2H3/b13-8-/t14-,16+/m1/s1. The number of carbonyl (C=O) groups excluding carboxylic acids is 1. The van der Waals surface area contributed by atoms with E-state index in [2.05, 4.69) is 0 Å². The fraction of sp³-hybridized carbons (Fsp3) is 0.389. The minimum atomic E-state index is -1.76. The van der Waals surface area contributed by atoms with Crippen molar-refractivity contribution in [1.82, 2.24) is 0 Å². The van der Waals surface area contributed by atoms with Gasteiger partial charge >= 0.3 is 5.97 Å². The van der Waals surface area contributed by atoms with E-state index in [1.54, 1.807) is 19.9 Å². The van der Waals surface area contributed by atoms with Gasteiger partial charge in [0.25, 0.3) is 6.08 Å². The Kier molecular flexibility index (Phi) is 5.58. The molecule has 1 aliphatic rings. The molecule has 0 spiro atoms. The third-order valence-electron chi connectivity index (χ3n) is 4.22. The molecule has 1 saturated carbocycles. The Morgan fingerprint density at radius 1 is 1.30 bits per heavy atom. The van der Waals surface area contributed by atoms with Crippen molar-refractivity contribution >= 4 is 17.6 Å². The van der Waals surface area contributed by atoms with Gasteiger partial charge in [-0.05, 0) is 23.1 Å². The fourth-order valence-electron chi connectivity index (χ4n) is 2.74. The van der Waals surface area contributed by atoms with E-state index in [9.17, 15) is 13.6 Å². The molecule has 2 nitrogen and oxygen atoms in total. The van der Waals surface area contributed by atoms with Crippen molar-refractivity contribution in [2.45, 2.75) is 20.3 Å². The van der Waals surface area contributed by atoms with Gasteiger partial charge in [-0.1, -0.05) is 55.8 Å². The number of hydrogen-bond donors (Lipinski definition) is 0. The van der Waals surface area contributed by atoms with Crippen molar-refractivity contribution < 1.29 is 18.3 Å². The number of allylic oxidation sites excluding steroid dienone is 2. The number of rotatable bonds is 6. The summed E-state index contributed by atoms with van der Waals surface area (Å²) in [7, 11) is 0. The van der Waals surface area contributed by atoms with Crippen LogP contribution in [-0.4, -0.2) is 12.6 Å². The molecule has 0 radical (unpaired) electrons. The molecule has 5 heteroatoms. The van der Waals surface area contributed by atoms with Crippen LogP contribution in [0.3, 0.4) is 0 Å². The maximum absolute atomic E-state index is 12.4. The highest BCUT2D eigenvalue weighted by molar-refractivity contribution is 6.29. The van der Waals surface area contributed by atoms with Crippen LogP contribution in [0.2, 0.25) is 0 Å². The molecule has 23 heavy (non-hydrogen) atoms. The van der Waals surface area contributed by atoms with Crippen LogP contribution in [-0.2, 0) is 16.0 Å². The number of esters is 1. The Bertz CT molecular complexity index is 619. The van der Waals surface area contributed by atoms with Crippen LogP contribution in [0.25, 0.3) is 0 Å². The average Bonchev–Trinajstić information content (AvgIpc) is 3.00. The molecule has 0 unspecified atom stereocenters. The first-order valence-corrected chi connectivity index (χ1v) is 7.78. The zero-order valence-electron chi connectivity index (χ0n) is 13.1. The molecular formula is C18H19ClF2O2. The monoisotopic (exact) mass is 340 g/mol. The van der Waals surface area contributed by atoms with Crippen LogP contribution in [0.5, 0.6) is 0 Å². The Hall–Kier alpha value is -1.68. The van der Waals surface area contributed by atoms with Crippen LogP contribution in [0.1, 0.15) is 19.4 Å². The van der Waals surface area contributed by atoms with E-state index in [0.29, 0.717) is 11.5 Å². The summed E-state index contributed by atoms with van der Waals surface area (Å²) in [4.78, 5) is 12.0. The molecule has 1 aromatic carbocycles. The van der Waals surface area contributed by atoms with Gasteiger partial charge in [0.15, 0.2) is 0 Å². The molecule has 0 amide bonds. The zero-order valence-corrected chi connectivity index (χ0v) is 13.8. The lowest BCUT2D eigenvalue weighted by Crippen LogP contribution is -2.11. The van der Waals surface area contributed by atoms with Crippen molar-refractivity contribution in [3.63, 3.8) is 0 Å². The van der Waals surface area contributed by atoms with E-state index in [1.807, 2.05) is 30.3 Å². The number of ether oxygens (including phenoxy) is 1. The lowest BCUT2D eigenvalue weighted by molar-refractivity contribution is -0.144. The van der Waals surface area contributed by atoms with Gasteiger partial charge in [0.1, 0.15) is 6.61 Å². The molecule has 2 rings (SSSR count). The highest BCUT2D eigenvalue weighted by Crippen LogP contribution is 2.59. The van der Waals surface area contributed by atoms with Crippen molar-refractivity contribution in [3.8, 4) is 0 Å². The smallest absolute Gasteiger partial charge is 0.310 e. The summed E-state index contributed by atoms with van der Waals surface area (Å²) in [5.41, 5.74) is 0.574. The Morgan fingerprint density at radius 2 is 1.96 bits per heavy atom. The van der Waals surface area contributed by atoms with E-state index in [4.69, 9.17) is 16.3 Å². The number of carbonyl (C=O) groups is 1. The summed E-state index contributed by atoms with van der Waals surface area (Å²) in [6, 6.07) is 9.68. The minimum Gasteiger partial charge on any atom is -0.461 e. The number of benzene rings is 1. The lowest BCUT2D eigenvalue weighted by atomic mass is 10.1. The second-order valence-corrected chi connectivity index (χ2v) is 6.71. The average molecular weight is 341 g/mol. The van der Waals surface area contributed by atoms with E-state index in [1.165, 1.54) is 0 Å². The summed E-state index contributed by atoms with van der Waals surface area (Å²) >= 11 is 6.11. The van der Waals surface area contributed by atoms with Gasteiger partial charge in [0, 0.05) is 17.4 Å². The number of halogens is 3. The van der Waals surface area contributed by atoms with E-state index in [0.717, 1.165) is 11.6 Å². The van der Waals surface area contributed by atoms with E-state index in [-0.39, 0.29) is 6.61 Å². The fourth-order valence-corrected chi connectivity index (χ4v) is 2.96. The first-order chi connectivity index (χ1) is 10.8. The molecule has 1 fully saturated rings. The van der Waals surface area contributed by atoms with E-state index < -0.39 is 29.3 Å². The van der Waals surface area contributed by atoms with Crippen molar-refractivity contribution in [2.24, 2.45) is 17.3 Å². The van der Waals surface area contributed by atoms with Crippen LogP contribution in [0.15, 0.2) is 53.6 Å². The maximum Gasteiger partial charge on any atom is 0.310 e. The number of hydrogen-bond acceptors (Lipinski definition) is 2. The van der Waals surface area contributed by atoms with Crippen molar-refractivity contribution in [2.75, 3.05) is 6.61 Å². The summed E-state index contributed by atoms with van der Waals surface area (Å²) in [6.07, 6.45) is 1.27. The highest BCUT2D eigenvalue weighted by Gasteiger charge is 2.61. The highest BCUT2D eigenvalue weighted by atomic mass is 35.5. The van der Waals surface area contributed by atoms with Gasteiger partial charge in [0.2, 0.25) is 0 Å². The third-order valence-corrected chi connectivity index (χ3v) is 4.50. The molecule has 124 valence electrons. The van der Waals surface area contributed by atoms with Gasteiger partial charge in [-0.25, -0.2) is 0 Å². The molecule has 1 aliphatic carbocycles. The van der Waals surface area contributed by atoms with Gasteiger partial charge in [-0.2, -0.15) is 8.78 Å². The second kappa shape index (κ2) is 7.26. The molecule has 0 N–H and O–H groups in total. The van der Waals surface area contributed by atoms with Gasteiger partial charge < -0.3 is 4.74 Å². The van der Waals surface area contributed by atoms with Crippen LogP contribution >= 0.6 is 11.6 Å². The molecule has 2 atom stereocenters. The summed E-state index contributed by atoms with van der Waals surface area (Å²) in [6.45, 7) is 3.61. The summed E-state index contributed by atoms with van der Waals surface area (Å²) < 4.78 is 29.9. The normalized spacial score (nSPS) is 22.4. The van der Waals surface area contributed by atoms with Crippen molar-refractivity contribution in [1.29, 1.82) is 0 Å². The lowest BCUT2D eigenvalue weighted by Gasteiger charge is -2.04. The van der Waals surface area contributed by atoms with Gasteiger partial charge in [0.05, 0.1) is 5.92 Å².